The monoisotopic (exact) mass is 358 g/mol. The van der Waals surface area contributed by atoms with Gasteiger partial charge in [-0.15, -0.1) is 0 Å². The Morgan fingerprint density at radius 1 is 1.23 bits per heavy atom. The Labute approximate surface area is 153 Å². The van der Waals surface area contributed by atoms with Crippen molar-refractivity contribution in [3.8, 4) is 0 Å². The van der Waals surface area contributed by atoms with Crippen LogP contribution in [-0.4, -0.2) is 35.9 Å². The molecule has 6 aliphatic rings. The smallest absolute Gasteiger partial charge is 0.312 e. The lowest BCUT2D eigenvalue weighted by Crippen LogP contribution is -2.75. The predicted octanol–water partition coefficient (Wildman–Crippen LogP) is 2.07. The minimum absolute atomic E-state index is 0.0748. The van der Waals surface area contributed by atoms with Crippen LogP contribution in [0, 0.1) is 39.9 Å². The van der Waals surface area contributed by atoms with E-state index in [1.807, 2.05) is 0 Å². The number of aliphatic hydroxyl groups is 1. The Kier molecular flexibility index (Phi) is 3.12. The number of fused-ring (bicyclic) bond motifs is 2. The number of rotatable bonds is 1. The number of carbonyl (C=O) groups is 3. The maximum atomic E-state index is 13.7. The Morgan fingerprint density at radius 2 is 2.00 bits per heavy atom. The number of ether oxygens (including phenoxy) is 1. The fourth-order valence-corrected chi connectivity index (χ4v) is 7.82. The van der Waals surface area contributed by atoms with Crippen molar-refractivity contribution in [3.05, 3.63) is 12.2 Å². The number of Topliss-reactive ketones (excluding diaryl/α,β-unsaturated/α-hetero) is 2. The first-order valence-electron chi connectivity index (χ1n) is 9.89. The van der Waals surface area contributed by atoms with Gasteiger partial charge in [0.2, 0.25) is 0 Å². The molecule has 6 fully saturated rings. The summed E-state index contributed by atoms with van der Waals surface area (Å²) in [6, 6.07) is 0. The number of hydrogen-bond donors (Lipinski definition) is 1. The van der Waals surface area contributed by atoms with E-state index in [1.165, 1.54) is 0 Å². The number of aliphatic hydroxyl groups excluding tert-OH is 1. The van der Waals surface area contributed by atoms with Crippen LogP contribution in [0.3, 0.4) is 0 Å². The molecule has 4 bridgehead atoms. The van der Waals surface area contributed by atoms with E-state index < -0.39 is 16.7 Å². The predicted molar refractivity (Wildman–Crippen MR) is 91.8 cm³/mol. The topological polar surface area (TPSA) is 80.7 Å². The summed E-state index contributed by atoms with van der Waals surface area (Å²) < 4.78 is 5.69. The van der Waals surface area contributed by atoms with Crippen LogP contribution >= 0.6 is 0 Å². The average molecular weight is 358 g/mol. The van der Waals surface area contributed by atoms with Crippen molar-refractivity contribution in [2.45, 2.75) is 45.4 Å². The van der Waals surface area contributed by atoms with Crippen LogP contribution in [0.1, 0.15) is 45.4 Å². The van der Waals surface area contributed by atoms with Gasteiger partial charge in [-0.25, -0.2) is 0 Å². The summed E-state index contributed by atoms with van der Waals surface area (Å²) in [6.45, 7) is 6.09. The molecule has 5 nitrogen and oxygen atoms in total. The Hall–Kier alpha value is -1.49. The molecule has 7 atom stereocenters. The van der Waals surface area contributed by atoms with Crippen LogP contribution in [0.15, 0.2) is 12.2 Å². The molecule has 0 radical (unpaired) electrons. The van der Waals surface area contributed by atoms with Crippen LogP contribution in [-0.2, 0) is 19.1 Å². The quantitative estimate of drug-likeness (QED) is 0.441. The largest absolute Gasteiger partial charge is 0.465 e. The second kappa shape index (κ2) is 4.86. The maximum absolute atomic E-state index is 13.7. The van der Waals surface area contributed by atoms with Gasteiger partial charge in [0, 0.05) is 11.3 Å². The van der Waals surface area contributed by atoms with Gasteiger partial charge in [0.15, 0.2) is 11.6 Å². The molecule has 5 aliphatic carbocycles. The molecule has 5 saturated carbocycles. The summed E-state index contributed by atoms with van der Waals surface area (Å²) in [5.41, 5.74) is -1.71. The van der Waals surface area contributed by atoms with E-state index in [-0.39, 0.29) is 47.3 Å². The van der Waals surface area contributed by atoms with Crippen molar-refractivity contribution in [1.82, 2.24) is 0 Å². The SMILES string of the molecule is C=C1C(=O)[C@]23CC[C@H]1CC2[C@@]12CCC[C@@](C)(COC1=O)C2[C@H](CO)C3=O. The van der Waals surface area contributed by atoms with E-state index in [0.29, 0.717) is 31.4 Å². The third-order valence-electron chi connectivity index (χ3n) is 8.75. The highest BCUT2D eigenvalue weighted by Gasteiger charge is 2.78. The molecule has 0 aromatic carbocycles. The number of esters is 1. The lowest BCUT2D eigenvalue weighted by atomic mass is 9.33. The van der Waals surface area contributed by atoms with Gasteiger partial charge in [0.1, 0.15) is 0 Å². The molecule has 6 rings (SSSR count). The van der Waals surface area contributed by atoms with Gasteiger partial charge < -0.3 is 9.84 Å². The summed E-state index contributed by atoms with van der Waals surface area (Å²) in [4.78, 5) is 40.2. The standard InChI is InChI=1S/C21H26O5/c1-11-12-4-7-21(16(11)23)14(8-12)20-6-3-5-19(2,10-26-18(20)25)15(20)13(9-22)17(21)24/h12-15,22H,1,3-10H2,2H3/t12-,13-,14?,15?,19-,20+,21-/m0/s1. The molecule has 26 heavy (non-hydrogen) atoms. The molecule has 2 unspecified atom stereocenters. The molecule has 1 heterocycles. The summed E-state index contributed by atoms with van der Waals surface area (Å²) in [6.07, 6.45) is 4.40. The van der Waals surface area contributed by atoms with E-state index in [1.54, 1.807) is 0 Å². The number of allylic oxidation sites excluding steroid dienone is 1. The summed E-state index contributed by atoms with van der Waals surface area (Å²) in [7, 11) is 0. The van der Waals surface area contributed by atoms with Gasteiger partial charge in [0.25, 0.3) is 0 Å². The summed E-state index contributed by atoms with van der Waals surface area (Å²) in [5.74, 6) is -1.62. The highest BCUT2D eigenvalue weighted by Crippen LogP contribution is 2.72. The highest BCUT2D eigenvalue weighted by atomic mass is 16.5. The van der Waals surface area contributed by atoms with Gasteiger partial charge in [-0.2, -0.15) is 0 Å². The molecule has 1 aliphatic heterocycles. The second-order valence-electron chi connectivity index (χ2n) is 9.60. The number of hydrogen-bond acceptors (Lipinski definition) is 5. The van der Waals surface area contributed by atoms with E-state index in [4.69, 9.17) is 4.74 Å². The van der Waals surface area contributed by atoms with Gasteiger partial charge in [0.05, 0.1) is 24.0 Å². The van der Waals surface area contributed by atoms with Crippen molar-refractivity contribution >= 4 is 17.5 Å². The van der Waals surface area contributed by atoms with Crippen LogP contribution in [0.2, 0.25) is 0 Å². The Balaban J connectivity index is 1.78. The van der Waals surface area contributed by atoms with Crippen molar-refractivity contribution in [3.63, 3.8) is 0 Å². The van der Waals surface area contributed by atoms with E-state index in [9.17, 15) is 19.5 Å². The zero-order valence-electron chi connectivity index (χ0n) is 15.3. The van der Waals surface area contributed by atoms with Gasteiger partial charge in [-0.3, -0.25) is 14.4 Å². The molecule has 5 heteroatoms. The van der Waals surface area contributed by atoms with Crippen molar-refractivity contribution in [1.29, 1.82) is 0 Å². The molecule has 1 spiro atoms. The highest BCUT2D eigenvalue weighted by molar-refractivity contribution is 6.17. The van der Waals surface area contributed by atoms with E-state index in [0.717, 1.165) is 19.3 Å². The lowest BCUT2D eigenvalue weighted by Gasteiger charge is -2.68. The van der Waals surface area contributed by atoms with Crippen LogP contribution in [0.4, 0.5) is 0 Å². The van der Waals surface area contributed by atoms with Crippen molar-refractivity contribution in [2.24, 2.45) is 39.9 Å². The first-order valence-corrected chi connectivity index (χ1v) is 9.89. The molecule has 140 valence electrons. The van der Waals surface area contributed by atoms with Crippen LogP contribution in [0.5, 0.6) is 0 Å². The third kappa shape index (κ3) is 1.53. The minimum Gasteiger partial charge on any atom is -0.465 e. The normalized spacial score (nSPS) is 52.4. The Bertz CT molecular complexity index is 756. The van der Waals surface area contributed by atoms with Crippen molar-refractivity contribution in [2.75, 3.05) is 13.2 Å². The molecule has 0 aromatic heterocycles. The fourth-order valence-electron chi connectivity index (χ4n) is 7.82. The van der Waals surface area contributed by atoms with Crippen molar-refractivity contribution < 1.29 is 24.2 Å². The van der Waals surface area contributed by atoms with Gasteiger partial charge >= 0.3 is 5.97 Å². The maximum Gasteiger partial charge on any atom is 0.312 e. The van der Waals surface area contributed by atoms with E-state index >= 15 is 0 Å². The summed E-state index contributed by atoms with van der Waals surface area (Å²) >= 11 is 0. The zero-order valence-corrected chi connectivity index (χ0v) is 15.3. The van der Waals surface area contributed by atoms with E-state index in [2.05, 4.69) is 13.5 Å². The van der Waals surface area contributed by atoms with Gasteiger partial charge in [-0.05, 0) is 55.4 Å². The minimum atomic E-state index is -1.16. The second-order valence-corrected chi connectivity index (χ2v) is 9.60. The lowest BCUT2D eigenvalue weighted by molar-refractivity contribution is -0.243. The first-order chi connectivity index (χ1) is 12.3. The zero-order chi connectivity index (χ0) is 18.5. The molecular weight excluding hydrogens is 332 g/mol. The fraction of sp³-hybridized carbons (Fsp3) is 0.762. The first kappa shape index (κ1) is 16.7. The molecule has 0 amide bonds. The molecular formula is C21H26O5. The average Bonchev–Trinajstić information content (AvgIpc) is 2.63. The van der Waals surface area contributed by atoms with Crippen LogP contribution < -0.4 is 0 Å². The van der Waals surface area contributed by atoms with Crippen LogP contribution in [0.25, 0.3) is 0 Å². The molecule has 1 N–H and O–H groups in total. The number of carbonyl (C=O) groups excluding carboxylic acids is 3. The number of ketones is 2. The molecule has 0 aromatic rings. The Morgan fingerprint density at radius 3 is 2.73 bits per heavy atom. The number of cyclic esters (lactones) is 1. The third-order valence-corrected chi connectivity index (χ3v) is 8.75. The summed E-state index contributed by atoms with van der Waals surface area (Å²) in [5, 5.41) is 10.2. The molecule has 1 saturated heterocycles. The van der Waals surface area contributed by atoms with Gasteiger partial charge in [-0.1, -0.05) is 19.9 Å².